The molecule has 0 N–H and O–H groups in total. The Morgan fingerprint density at radius 2 is 1.11 bits per heavy atom. The van der Waals surface area contributed by atoms with E-state index >= 15 is 0 Å². The second-order valence-electron chi connectivity index (χ2n) is 7.84. The lowest BCUT2D eigenvalue weighted by atomic mass is 10.0. The lowest BCUT2D eigenvalue weighted by Crippen LogP contribution is -1.91. The summed E-state index contributed by atoms with van der Waals surface area (Å²) in [5.74, 6) is 0. The molecule has 2 aromatic rings. The zero-order chi connectivity index (χ0) is 18.3. The van der Waals surface area contributed by atoms with Gasteiger partial charge in [-0.25, -0.2) is 0 Å². The van der Waals surface area contributed by atoms with Crippen molar-refractivity contribution in [1.29, 1.82) is 0 Å². The SMILES string of the molecule is CCCCCCCCCCCCCCCCc1ccc2ccccc2n1.Cl. The standard InChI is InChI=1S/C25H39N.ClH/c1-2-3-4-5-6-7-8-9-10-11-12-13-14-15-19-24-22-21-23-18-16-17-20-25(23)26-24;/h16-18,20-22H,2-15,19H2,1H3;1H. The Morgan fingerprint density at radius 1 is 0.593 bits per heavy atom. The van der Waals surface area contributed by atoms with Gasteiger partial charge < -0.3 is 0 Å². The molecule has 2 heteroatoms. The van der Waals surface area contributed by atoms with Gasteiger partial charge in [-0.15, -0.1) is 12.4 Å². The molecule has 0 bridgehead atoms. The van der Waals surface area contributed by atoms with Crippen LogP contribution >= 0.6 is 12.4 Å². The first-order valence-electron chi connectivity index (χ1n) is 11.2. The molecule has 0 aliphatic rings. The maximum absolute atomic E-state index is 4.77. The second-order valence-corrected chi connectivity index (χ2v) is 7.84. The molecule has 0 spiro atoms. The smallest absolute Gasteiger partial charge is 0.0705 e. The summed E-state index contributed by atoms with van der Waals surface area (Å²) in [5, 5.41) is 1.25. The van der Waals surface area contributed by atoms with Crippen molar-refractivity contribution in [2.24, 2.45) is 0 Å². The van der Waals surface area contributed by atoms with Gasteiger partial charge in [-0.2, -0.15) is 0 Å². The van der Waals surface area contributed by atoms with Gasteiger partial charge in [0.25, 0.3) is 0 Å². The van der Waals surface area contributed by atoms with Crippen LogP contribution in [-0.2, 0) is 6.42 Å². The zero-order valence-electron chi connectivity index (χ0n) is 17.4. The van der Waals surface area contributed by atoms with Gasteiger partial charge >= 0.3 is 0 Å². The Bertz CT molecular complexity index is 596. The lowest BCUT2D eigenvalue weighted by molar-refractivity contribution is 0.535. The van der Waals surface area contributed by atoms with E-state index in [1.165, 1.54) is 101 Å². The van der Waals surface area contributed by atoms with Crippen LogP contribution in [0.2, 0.25) is 0 Å². The molecule has 0 aliphatic carbocycles. The Hall–Kier alpha value is -1.08. The number of halogens is 1. The molecule has 1 aromatic carbocycles. The van der Waals surface area contributed by atoms with E-state index in [1.807, 2.05) is 0 Å². The van der Waals surface area contributed by atoms with Crippen LogP contribution in [0.5, 0.6) is 0 Å². The summed E-state index contributed by atoms with van der Waals surface area (Å²) in [6, 6.07) is 12.8. The fraction of sp³-hybridized carbons (Fsp3) is 0.640. The maximum Gasteiger partial charge on any atom is 0.0705 e. The van der Waals surface area contributed by atoms with Crippen molar-refractivity contribution in [1.82, 2.24) is 4.98 Å². The largest absolute Gasteiger partial charge is 0.253 e. The van der Waals surface area contributed by atoms with Crippen LogP contribution in [0.1, 0.15) is 103 Å². The van der Waals surface area contributed by atoms with Crippen molar-refractivity contribution < 1.29 is 0 Å². The van der Waals surface area contributed by atoms with E-state index in [-0.39, 0.29) is 12.4 Å². The lowest BCUT2D eigenvalue weighted by Gasteiger charge is -2.04. The van der Waals surface area contributed by atoms with Crippen LogP contribution in [0.25, 0.3) is 10.9 Å². The molecule has 0 radical (unpaired) electrons. The number of fused-ring (bicyclic) bond motifs is 1. The van der Waals surface area contributed by atoms with Gasteiger partial charge in [0, 0.05) is 11.1 Å². The van der Waals surface area contributed by atoms with Crippen molar-refractivity contribution in [3.05, 3.63) is 42.1 Å². The summed E-state index contributed by atoms with van der Waals surface area (Å²) >= 11 is 0. The first-order valence-corrected chi connectivity index (χ1v) is 11.2. The molecule has 0 fully saturated rings. The van der Waals surface area contributed by atoms with Crippen molar-refractivity contribution >= 4 is 23.3 Å². The van der Waals surface area contributed by atoms with E-state index in [1.54, 1.807) is 0 Å². The van der Waals surface area contributed by atoms with Gasteiger partial charge in [-0.3, -0.25) is 4.98 Å². The Morgan fingerprint density at radius 3 is 1.70 bits per heavy atom. The third kappa shape index (κ3) is 10.7. The predicted molar refractivity (Wildman–Crippen MR) is 123 cm³/mol. The van der Waals surface area contributed by atoms with Crippen LogP contribution in [0.15, 0.2) is 36.4 Å². The average molecular weight is 390 g/mol. The molecule has 0 amide bonds. The van der Waals surface area contributed by atoms with E-state index in [0.29, 0.717) is 0 Å². The van der Waals surface area contributed by atoms with Crippen LogP contribution in [-0.4, -0.2) is 4.98 Å². The summed E-state index contributed by atoms with van der Waals surface area (Å²) in [4.78, 5) is 4.77. The summed E-state index contributed by atoms with van der Waals surface area (Å²) in [5.41, 5.74) is 2.39. The minimum atomic E-state index is 0. The van der Waals surface area contributed by atoms with Crippen LogP contribution < -0.4 is 0 Å². The van der Waals surface area contributed by atoms with Crippen molar-refractivity contribution in [2.75, 3.05) is 0 Å². The Kier molecular flexibility index (Phi) is 14.1. The third-order valence-corrected chi connectivity index (χ3v) is 5.44. The molecule has 1 nitrogen and oxygen atoms in total. The first-order chi connectivity index (χ1) is 12.9. The highest BCUT2D eigenvalue weighted by atomic mass is 35.5. The van der Waals surface area contributed by atoms with Crippen molar-refractivity contribution in [2.45, 2.75) is 103 Å². The molecule has 2 rings (SSSR count). The fourth-order valence-corrected chi connectivity index (χ4v) is 3.75. The van der Waals surface area contributed by atoms with E-state index in [2.05, 4.69) is 43.3 Å². The van der Waals surface area contributed by atoms with Gasteiger partial charge in [0.1, 0.15) is 0 Å². The van der Waals surface area contributed by atoms with Gasteiger partial charge in [-0.1, -0.05) is 115 Å². The van der Waals surface area contributed by atoms with Crippen LogP contribution in [0, 0.1) is 0 Å². The van der Waals surface area contributed by atoms with Crippen molar-refractivity contribution in [3.63, 3.8) is 0 Å². The molecular weight excluding hydrogens is 350 g/mol. The highest BCUT2D eigenvalue weighted by Gasteiger charge is 1.99. The summed E-state index contributed by atoms with van der Waals surface area (Å²) < 4.78 is 0. The fourth-order valence-electron chi connectivity index (χ4n) is 3.75. The number of para-hydroxylation sites is 1. The number of benzene rings is 1. The predicted octanol–water partition coefficient (Wildman–Crippen LogP) is 8.68. The number of unbranched alkanes of at least 4 members (excludes halogenated alkanes) is 13. The molecule has 0 atom stereocenters. The van der Waals surface area contributed by atoms with Gasteiger partial charge in [-0.05, 0) is 25.0 Å². The minimum Gasteiger partial charge on any atom is -0.253 e. The normalized spacial score (nSPS) is 10.9. The average Bonchev–Trinajstić information content (AvgIpc) is 2.68. The van der Waals surface area contributed by atoms with Crippen molar-refractivity contribution in [3.8, 4) is 0 Å². The number of rotatable bonds is 15. The molecule has 0 aliphatic heterocycles. The maximum atomic E-state index is 4.77. The third-order valence-electron chi connectivity index (χ3n) is 5.44. The summed E-state index contributed by atoms with van der Waals surface area (Å²) in [7, 11) is 0. The molecule has 152 valence electrons. The number of hydrogen-bond donors (Lipinski definition) is 0. The quantitative estimate of drug-likeness (QED) is 0.277. The second kappa shape index (κ2) is 15.9. The summed E-state index contributed by atoms with van der Waals surface area (Å²) in [6.07, 6.45) is 21.0. The topological polar surface area (TPSA) is 12.9 Å². The van der Waals surface area contributed by atoms with Crippen LogP contribution in [0.4, 0.5) is 0 Å². The molecular formula is C25H40ClN. The molecule has 27 heavy (non-hydrogen) atoms. The zero-order valence-corrected chi connectivity index (χ0v) is 18.2. The van der Waals surface area contributed by atoms with E-state index in [4.69, 9.17) is 4.98 Å². The van der Waals surface area contributed by atoms with Gasteiger partial charge in [0.05, 0.1) is 5.52 Å². The van der Waals surface area contributed by atoms with E-state index < -0.39 is 0 Å². The molecule has 1 aromatic heterocycles. The van der Waals surface area contributed by atoms with E-state index in [9.17, 15) is 0 Å². The number of aromatic nitrogens is 1. The molecule has 0 saturated heterocycles. The molecule has 0 unspecified atom stereocenters. The number of nitrogens with zero attached hydrogens (tertiary/aromatic N) is 1. The highest BCUT2D eigenvalue weighted by Crippen LogP contribution is 2.15. The molecule has 0 saturated carbocycles. The van der Waals surface area contributed by atoms with Gasteiger partial charge in [0.2, 0.25) is 0 Å². The summed E-state index contributed by atoms with van der Waals surface area (Å²) in [6.45, 7) is 2.29. The Balaban J connectivity index is 0.00000364. The number of hydrogen-bond acceptors (Lipinski definition) is 1. The Labute approximate surface area is 173 Å². The van der Waals surface area contributed by atoms with E-state index in [0.717, 1.165) is 11.9 Å². The first kappa shape index (κ1) is 24.0. The van der Waals surface area contributed by atoms with Crippen LogP contribution in [0.3, 0.4) is 0 Å². The molecule has 1 heterocycles. The number of aryl methyl sites for hydroxylation is 1. The highest BCUT2D eigenvalue weighted by molar-refractivity contribution is 5.85. The monoisotopic (exact) mass is 389 g/mol. The van der Waals surface area contributed by atoms with Gasteiger partial charge in [0.15, 0.2) is 0 Å². The number of pyridine rings is 1. The minimum absolute atomic E-state index is 0.